The number of nitrogens with zero attached hydrogens (tertiary/aromatic N) is 1. The van der Waals surface area contributed by atoms with Gasteiger partial charge < -0.3 is 21.3 Å². The zero-order valence-electron chi connectivity index (χ0n) is 24.6. The molecule has 2 unspecified atom stereocenters. The smallest absolute Gasteiger partial charge is 0.245 e. The Morgan fingerprint density at radius 2 is 1.36 bits per heavy atom. The third-order valence-corrected chi connectivity index (χ3v) is 7.69. The molecule has 0 heterocycles. The SMILES string of the molecule is CCCCC(=O)NC(Cc1ccc2ccccc2c1)C(=O)N(C)C(Cc1ccc2ccccc2c1)C(=O)NCCCN. The summed E-state index contributed by atoms with van der Waals surface area (Å²) in [4.78, 5) is 42.0. The second-order valence-electron chi connectivity index (χ2n) is 10.9. The van der Waals surface area contributed by atoms with Gasteiger partial charge in [0.15, 0.2) is 0 Å². The molecule has 0 saturated carbocycles. The van der Waals surface area contributed by atoms with E-state index in [0.717, 1.165) is 45.5 Å². The lowest BCUT2D eigenvalue weighted by Crippen LogP contribution is -2.55. The van der Waals surface area contributed by atoms with Crippen LogP contribution in [-0.4, -0.2) is 54.8 Å². The third kappa shape index (κ3) is 8.17. The fourth-order valence-corrected chi connectivity index (χ4v) is 5.23. The summed E-state index contributed by atoms with van der Waals surface area (Å²) < 4.78 is 0. The van der Waals surface area contributed by atoms with Crippen molar-refractivity contribution in [1.82, 2.24) is 15.5 Å². The van der Waals surface area contributed by atoms with Crippen molar-refractivity contribution in [2.45, 2.75) is 57.5 Å². The molecule has 4 rings (SSSR count). The number of benzene rings is 4. The fraction of sp³-hybridized carbons (Fsp3) is 0.343. The summed E-state index contributed by atoms with van der Waals surface area (Å²) in [6, 6.07) is 26.7. The first-order valence-corrected chi connectivity index (χ1v) is 14.9. The van der Waals surface area contributed by atoms with Gasteiger partial charge in [-0.3, -0.25) is 14.4 Å². The van der Waals surface area contributed by atoms with Crippen molar-refractivity contribution < 1.29 is 14.4 Å². The summed E-state index contributed by atoms with van der Waals surface area (Å²) in [5.41, 5.74) is 7.54. The van der Waals surface area contributed by atoms with E-state index in [0.29, 0.717) is 38.8 Å². The number of hydrogen-bond acceptors (Lipinski definition) is 4. The van der Waals surface area contributed by atoms with Crippen molar-refractivity contribution in [3.63, 3.8) is 0 Å². The lowest BCUT2D eigenvalue weighted by Gasteiger charge is -2.31. The Balaban J connectivity index is 1.61. The topological polar surface area (TPSA) is 105 Å². The van der Waals surface area contributed by atoms with Crippen molar-refractivity contribution in [1.29, 1.82) is 0 Å². The maximum Gasteiger partial charge on any atom is 0.245 e. The number of unbranched alkanes of at least 4 members (excludes halogenated alkanes) is 1. The van der Waals surface area contributed by atoms with Gasteiger partial charge in [0.1, 0.15) is 12.1 Å². The van der Waals surface area contributed by atoms with Gasteiger partial charge in [-0.2, -0.15) is 0 Å². The molecule has 220 valence electrons. The number of nitrogens with one attached hydrogen (secondary N) is 2. The van der Waals surface area contributed by atoms with Gasteiger partial charge in [-0.05, 0) is 52.1 Å². The number of hydrogen-bond donors (Lipinski definition) is 3. The number of likely N-dealkylation sites (N-methyl/N-ethyl adjacent to an activating group) is 1. The van der Waals surface area contributed by atoms with Gasteiger partial charge in [-0.15, -0.1) is 0 Å². The molecule has 0 aliphatic carbocycles. The molecule has 42 heavy (non-hydrogen) atoms. The van der Waals surface area contributed by atoms with Crippen LogP contribution in [0.15, 0.2) is 84.9 Å². The van der Waals surface area contributed by atoms with Gasteiger partial charge in [0.25, 0.3) is 0 Å². The first kappa shape index (κ1) is 30.7. The normalized spacial score (nSPS) is 12.5. The van der Waals surface area contributed by atoms with Gasteiger partial charge in [0.2, 0.25) is 17.7 Å². The van der Waals surface area contributed by atoms with Crippen LogP contribution in [0.4, 0.5) is 0 Å². The molecule has 2 atom stereocenters. The maximum atomic E-state index is 14.1. The summed E-state index contributed by atoms with van der Waals surface area (Å²) >= 11 is 0. The Labute approximate surface area is 248 Å². The number of nitrogens with two attached hydrogens (primary N) is 1. The van der Waals surface area contributed by atoms with Crippen LogP contribution >= 0.6 is 0 Å². The van der Waals surface area contributed by atoms with Crippen LogP contribution in [0.5, 0.6) is 0 Å². The van der Waals surface area contributed by atoms with E-state index < -0.39 is 12.1 Å². The average molecular weight is 567 g/mol. The second kappa shape index (κ2) is 15.1. The van der Waals surface area contributed by atoms with Gasteiger partial charge in [0.05, 0.1) is 0 Å². The minimum Gasteiger partial charge on any atom is -0.354 e. The molecule has 0 bridgehead atoms. The van der Waals surface area contributed by atoms with Crippen molar-refractivity contribution in [3.05, 3.63) is 96.1 Å². The molecule has 0 spiro atoms. The molecule has 4 aromatic carbocycles. The van der Waals surface area contributed by atoms with Crippen molar-refractivity contribution >= 4 is 39.3 Å². The molecule has 0 saturated heterocycles. The summed E-state index contributed by atoms with van der Waals surface area (Å²) in [7, 11) is 1.65. The second-order valence-corrected chi connectivity index (χ2v) is 10.9. The molecule has 4 aromatic rings. The highest BCUT2D eigenvalue weighted by atomic mass is 16.2. The predicted octanol–water partition coefficient (Wildman–Crippen LogP) is 4.75. The van der Waals surface area contributed by atoms with Gasteiger partial charge >= 0.3 is 0 Å². The van der Waals surface area contributed by atoms with Crippen LogP contribution in [0.1, 0.15) is 43.7 Å². The standard InChI is InChI=1S/C35H42N4O3/c1-3-4-14-33(40)38-31(23-25-15-17-27-10-5-7-12-29(27)21-25)35(42)39(2)32(34(41)37-20-9-19-36)24-26-16-18-28-11-6-8-13-30(28)22-26/h5-8,10-13,15-18,21-22,31-32H,3-4,9,14,19-20,23-24,36H2,1-2H3,(H,37,41)(H,38,40). The summed E-state index contributed by atoms with van der Waals surface area (Å²) in [5.74, 6) is -0.704. The predicted molar refractivity (Wildman–Crippen MR) is 170 cm³/mol. The van der Waals surface area contributed by atoms with Crippen LogP contribution in [0.25, 0.3) is 21.5 Å². The number of rotatable bonds is 14. The highest BCUT2D eigenvalue weighted by Gasteiger charge is 2.32. The van der Waals surface area contributed by atoms with Crippen LogP contribution in [-0.2, 0) is 27.2 Å². The molecule has 7 nitrogen and oxygen atoms in total. The number of carbonyl (C=O) groups is 3. The van der Waals surface area contributed by atoms with E-state index >= 15 is 0 Å². The first-order valence-electron chi connectivity index (χ1n) is 14.9. The van der Waals surface area contributed by atoms with Crippen LogP contribution in [0.3, 0.4) is 0 Å². The summed E-state index contributed by atoms with van der Waals surface area (Å²) in [6.07, 6.45) is 3.28. The molecule has 0 aliphatic rings. The Kier molecular flexibility index (Phi) is 11.1. The third-order valence-electron chi connectivity index (χ3n) is 7.69. The summed E-state index contributed by atoms with van der Waals surface area (Å²) in [5, 5.41) is 10.3. The van der Waals surface area contributed by atoms with Gasteiger partial charge in [0, 0.05) is 32.9 Å². The van der Waals surface area contributed by atoms with E-state index in [2.05, 4.69) is 22.8 Å². The number of amides is 3. The van der Waals surface area contributed by atoms with Crippen molar-refractivity contribution in [2.75, 3.05) is 20.1 Å². The van der Waals surface area contributed by atoms with E-state index in [1.54, 1.807) is 7.05 Å². The zero-order chi connectivity index (χ0) is 29.9. The average Bonchev–Trinajstić information content (AvgIpc) is 3.01. The maximum absolute atomic E-state index is 14.1. The Morgan fingerprint density at radius 1 is 0.786 bits per heavy atom. The first-order chi connectivity index (χ1) is 20.4. The molecular formula is C35H42N4O3. The van der Waals surface area contributed by atoms with E-state index in [9.17, 15) is 14.4 Å². The Bertz CT molecular complexity index is 1520. The molecule has 7 heteroatoms. The van der Waals surface area contributed by atoms with E-state index in [4.69, 9.17) is 5.73 Å². The molecular weight excluding hydrogens is 524 g/mol. The molecule has 0 aliphatic heterocycles. The molecule has 0 fully saturated rings. The fourth-order valence-electron chi connectivity index (χ4n) is 5.23. The lowest BCUT2D eigenvalue weighted by atomic mass is 9.98. The van der Waals surface area contributed by atoms with Gasteiger partial charge in [-0.1, -0.05) is 98.3 Å². The molecule has 4 N–H and O–H groups in total. The molecule has 0 aromatic heterocycles. The van der Waals surface area contributed by atoms with Crippen molar-refractivity contribution in [2.24, 2.45) is 5.73 Å². The van der Waals surface area contributed by atoms with Crippen molar-refractivity contribution in [3.8, 4) is 0 Å². The largest absolute Gasteiger partial charge is 0.354 e. The minimum absolute atomic E-state index is 0.164. The molecule has 0 radical (unpaired) electrons. The zero-order valence-corrected chi connectivity index (χ0v) is 24.6. The highest BCUT2D eigenvalue weighted by molar-refractivity contribution is 5.93. The van der Waals surface area contributed by atoms with Crippen LogP contribution in [0.2, 0.25) is 0 Å². The Morgan fingerprint density at radius 3 is 1.93 bits per heavy atom. The van der Waals surface area contributed by atoms with Gasteiger partial charge in [-0.25, -0.2) is 0 Å². The highest BCUT2D eigenvalue weighted by Crippen LogP contribution is 2.20. The number of carbonyl (C=O) groups excluding carboxylic acids is 3. The van der Waals surface area contributed by atoms with E-state index in [1.807, 2.05) is 79.7 Å². The van der Waals surface area contributed by atoms with Crippen LogP contribution < -0.4 is 16.4 Å². The van der Waals surface area contributed by atoms with Crippen LogP contribution in [0, 0.1) is 0 Å². The minimum atomic E-state index is -0.809. The monoisotopic (exact) mass is 566 g/mol. The van der Waals surface area contributed by atoms with E-state index in [1.165, 1.54) is 4.90 Å². The quantitative estimate of drug-likeness (QED) is 0.192. The Hall–Kier alpha value is -4.23. The summed E-state index contributed by atoms with van der Waals surface area (Å²) in [6.45, 7) is 2.92. The number of fused-ring (bicyclic) bond motifs is 2. The van der Waals surface area contributed by atoms with E-state index in [-0.39, 0.29) is 17.7 Å². The lowest BCUT2D eigenvalue weighted by molar-refractivity contribution is -0.141. The molecule has 3 amide bonds.